The molecule has 2 aromatic heterocycles. The normalized spacial score (nSPS) is 12.1. The molecule has 0 saturated carbocycles. The van der Waals surface area contributed by atoms with Gasteiger partial charge in [-0.25, -0.2) is 5.06 Å². The van der Waals surface area contributed by atoms with Crippen molar-refractivity contribution >= 4 is 17.3 Å². The first-order valence-corrected chi connectivity index (χ1v) is 9.40. The summed E-state index contributed by atoms with van der Waals surface area (Å²) in [5, 5.41) is 19.3. The average molecular weight is 384 g/mol. The highest BCUT2D eigenvalue weighted by molar-refractivity contribution is 5.79. The third kappa shape index (κ3) is 5.26. The van der Waals surface area contributed by atoms with Crippen LogP contribution in [0.15, 0.2) is 40.9 Å². The third-order valence-corrected chi connectivity index (χ3v) is 4.45. The molecule has 0 aliphatic heterocycles. The predicted molar refractivity (Wildman–Crippen MR) is 102 cm³/mol. The number of ether oxygens (including phenoxy) is 1. The number of nitrogens with zero attached hydrogens (tertiary/aromatic N) is 4. The van der Waals surface area contributed by atoms with E-state index in [1.807, 2.05) is 30.3 Å². The van der Waals surface area contributed by atoms with Crippen molar-refractivity contribution in [1.82, 2.24) is 20.2 Å². The largest absolute Gasteiger partial charge is 0.484 e. The van der Waals surface area contributed by atoms with Crippen molar-refractivity contribution in [1.29, 1.82) is 0 Å². The lowest BCUT2D eigenvalue weighted by molar-refractivity contribution is -0.151. The maximum absolute atomic E-state index is 10.7. The molecular weight excluding hydrogens is 360 g/mol. The number of hydrogen-bond acceptors (Lipinski definition) is 7. The van der Waals surface area contributed by atoms with Crippen LogP contribution in [0.2, 0.25) is 0 Å². The van der Waals surface area contributed by atoms with Crippen LogP contribution in [0.1, 0.15) is 50.3 Å². The summed E-state index contributed by atoms with van der Waals surface area (Å²) in [6.07, 6.45) is 5.96. The molecule has 148 valence electrons. The van der Waals surface area contributed by atoms with E-state index in [4.69, 9.17) is 9.15 Å². The molecule has 0 radical (unpaired) electrons. The van der Waals surface area contributed by atoms with E-state index in [0.717, 1.165) is 36.6 Å². The Morgan fingerprint density at radius 3 is 3.00 bits per heavy atom. The SMILES string of the molecule is CCCCC[C@@H](CN(O)C=O)c1nnc(COc2ccc3ncccc3c2)o1. The van der Waals surface area contributed by atoms with Gasteiger partial charge in [0.1, 0.15) is 5.75 Å². The number of hydrogen-bond donors (Lipinski definition) is 1. The molecular formula is C20H24N4O4. The molecule has 1 amide bonds. The van der Waals surface area contributed by atoms with Gasteiger partial charge in [-0.3, -0.25) is 15.0 Å². The zero-order valence-corrected chi connectivity index (χ0v) is 15.8. The zero-order chi connectivity index (χ0) is 19.8. The lowest BCUT2D eigenvalue weighted by Gasteiger charge is -2.16. The molecule has 0 saturated heterocycles. The highest BCUT2D eigenvalue weighted by Gasteiger charge is 2.21. The maximum Gasteiger partial charge on any atom is 0.253 e. The summed E-state index contributed by atoms with van der Waals surface area (Å²) in [5.74, 6) is 1.22. The van der Waals surface area contributed by atoms with Gasteiger partial charge < -0.3 is 9.15 Å². The Kier molecular flexibility index (Phi) is 6.91. The topological polar surface area (TPSA) is 102 Å². The monoisotopic (exact) mass is 384 g/mol. The summed E-state index contributed by atoms with van der Waals surface area (Å²) in [7, 11) is 0. The van der Waals surface area contributed by atoms with Gasteiger partial charge in [0.2, 0.25) is 12.3 Å². The minimum Gasteiger partial charge on any atom is -0.484 e. The van der Waals surface area contributed by atoms with Crippen molar-refractivity contribution in [2.24, 2.45) is 0 Å². The van der Waals surface area contributed by atoms with E-state index in [1.165, 1.54) is 0 Å². The highest BCUT2D eigenvalue weighted by atomic mass is 16.5. The van der Waals surface area contributed by atoms with Gasteiger partial charge >= 0.3 is 0 Å². The Bertz CT molecular complexity index is 899. The molecule has 28 heavy (non-hydrogen) atoms. The second kappa shape index (κ2) is 9.80. The van der Waals surface area contributed by atoms with Gasteiger partial charge in [0, 0.05) is 11.6 Å². The zero-order valence-electron chi connectivity index (χ0n) is 15.8. The molecule has 1 aromatic carbocycles. The number of hydroxylamine groups is 2. The van der Waals surface area contributed by atoms with Gasteiger partial charge in [0.15, 0.2) is 6.61 Å². The van der Waals surface area contributed by atoms with Crippen molar-refractivity contribution < 1.29 is 19.2 Å². The fraction of sp³-hybridized carbons (Fsp3) is 0.400. The van der Waals surface area contributed by atoms with Gasteiger partial charge in [-0.1, -0.05) is 32.3 Å². The molecule has 0 aliphatic carbocycles. The second-order valence-electron chi connectivity index (χ2n) is 6.60. The lowest BCUT2D eigenvalue weighted by Crippen LogP contribution is -2.24. The number of fused-ring (bicyclic) bond motifs is 1. The first kappa shape index (κ1) is 19.8. The first-order valence-electron chi connectivity index (χ1n) is 9.40. The Morgan fingerprint density at radius 2 is 2.18 bits per heavy atom. The Labute approximate surface area is 163 Å². The molecule has 3 aromatic rings. The van der Waals surface area contributed by atoms with Crippen molar-refractivity contribution in [2.75, 3.05) is 6.54 Å². The summed E-state index contributed by atoms with van der Waals surface area (Å²) in [6, 6.07) is 9.48. The summed E-state index contributed by atoms with van der Waals surface area (Å²) in [4.78, 5) is 15.0. The van der Waals surface area contributed by atoms with Gasteiger partial charge in [0.05, 0.1) is 18.0 Å². The van der Waals surface area contributed by atoms with Gasteiger partial charge in [0.25, 0.3) is 5.89 Å². The molecule has 0 fully saturated rings. The molecule has 2 heterocycles. The summed E-state index contributed by atoms with van der Waals surface area (Å²) in [6.45, 7) is 2.37. The fourth-order valence-electron chi connectivity index (χ4n) is 2.98. The number of unbranched alkanes of at least 4 members (excludes halogenated alkanes) is 2. The van der Waals surface area contributed by atoms with Gasteiger partial charge in [-0.05, 0) is 30.7 Å². The van der Waals surface area contributed by atoms with E-state index in [-0.39, 0.29) is 19.1 Å². The number of rotatable bonds is 11. The molecule has 0 unspecified atom stereocenters. The number of carbonyl (C=O) groups is 1. The molecule has 8 nitrogen and oxygen atoms in total. The number of benzene rings is 1. The van der Waals surface area contributed by atoms with Crippen LogP contribution in [-0.4, -0.2) is 38.4 Å². The smallest absolute Gasteiger partial charge is 0.253 e. The Morgan fingerprint density at radius 1 is 1.29 bits per heavy atom. The van der Waals surface area contributed by atoms with Crippen molar-refractivity contribution in [3.05, 3.63) is 48.3 Å². The quantitative estimate of drug-likeness (QED) is 0.233. The molecule has 0 bridgehead atoms. The van der Waals surface area contributed by atoms with E-state index in [9.17, 15) is 10.0 Å². The van der Waals surface area contributed by atoms with Crippen LogP contribution in [0.25, 0.3) is 10.9 Å². The summed E-state index contributed by atoms with van der Waals surface area (Å²) in [5.41, 5.74) is 0.897. The maximum atomic E-state index is 10.7. The van der Waals surface area contributed by atoms with Crippen molar-refractivity contribution in [2.45, 2.75) is 45.1 Å². The average Bonchev–Trinajstić information content (AvgIpc) is 3.20. The first-order chi connectivity index (χ1) is 13.7. The number of carbonyl (C=O) groups excluding carboxylic acids is 1. The second-order valence-corrected chi connectivity index (χ2v) is 6.60. The third-order valence-electron chi connectivity index (χ3n) is 4.45. The fourth-order valence-corrected chi connectivity index (χ4v) is 2.98. The molecule has 1 N–H and O–H groups in total. The van der Waals surface area contributed by atoms with E-state index >= 15 is 0 Å². The highest BCUT2D eigenvalue weighted by Crippen LogP contribution is 2.24. The van der Waals surface area contributed by atoms with Crippen LogP contribution in [0.4, 0.5) is 0 Å². The van der Waals surface area contributed by atoms with Crippen LogP contribution in [0.3, 0.4) is 0 Å². The van der Waals surface area contributed by atoms with Crippen LogP contribution in [-0.2, 0) is 11.4 Å². The van der Waals surface area contributed by atoms with E-state index in [1.54, 1.807) is 6.20 Å². The number of amides is 1. The number of aromatic nitrogens is 3. The van der Waals surface area contributed by atoms with E-state index in [2.05, 4.69) is 22.1 Å². The van der Waals surface area contributed by atoms with Crippen LogP contribution < -0.4 is 4.74 Å². The van der Waals surface area contributed by atoms with Gasteiger partial charge in [-0.2, -0.15) is 0 Å². The summed E-state index contributed by atoms with van der Waals surface area (Å²) >= 11 is 0. The van der Waals surface area contributed by atoms with Crippen LogP contribution in [0, 0.1) is 0 Å². The molecule has 3 rings (SSSR count). The van der Waals surface area contributed by atoms with Crippen molar-refractivity contribution in [3.8, 4) is 5.75 Å². The Balaban J connectivity index is 1.63. The van der Waals surface area contributed by atoms with E-state index < -0.39 is 0 Å². The van der Waals surface area contributed by atoms with E-state index in [0.29, 0.717) is 29.0 Å². The van der Waals surface area contributed by atoms with Crippen LogP contribution >= 0.6 is 0 Å². The molecule has 0 aliphatic rings. The van der Waals surface area contributed by atoms with Crippen LogP contribution in [0.5, 0.6) is 5.75 Å². The molecule has 1 atom stereocenters. The van der Waals surface area contributed by atoms with Gasteiger partial charge in [-0.15, -0.1) is 10.2 Å². The molecule has 0 spiro atoms. The lowest BCUT2D eigenvalue weighted by atomic mass is 10.0. The predicted octanol–water partition coefficient (Wildman–Crippen LogP) is 3.71. The number of pyridine rings is 1. The summed E-state index contributed by atoms with van der Waals surface area (Å²) < 4.78 is 11.5. The minimum atomic E-state index is -0.213. The standard InChI is InChI=1S/C20H24N4O4/c1-2-3-4-6-16(12-24(26)14-25)20-23-22-19(28-20)13-27-17-8-9-18-15(11-17)7-5-10-21-18/h5,7-11,14,16,26H,2-4,6,12-13H2,1H3/t16-/m0/s1. The molecule has 8 heteroatoms. The Hall–Kier alpha value is -3.00. The van der Waals surface area contributed by atoms with Crippen molar-refractivity contribution in [3.63, 3.8) is 0 Å². The minimum absolute atomic E-state index is 0.118.